The van der Waals surface area contributed by atoms with E-state index in [9.17, 15) is 14.9 Å². The first-order chi connectivity index (χ1) is 9.50. The Morgan fingerprint density at radius 2 is 2.25 bits per heavy atom. The summed E-state index contributed by atoms with van der Waals surface area (Å²) in [7, 11) is 0. The molecule has 20 heavy (non-hydrogen) atoms. The highest BCUT2D eigenvalue weighted by molar-refractivity contribution is 5.78. The van der Waals surface area contributed by atoms with Gasteiger partial charge in [-0.1, -0.05) is 19.1 Å². The van der Waals surface area contributed by atoms with Crippen molar-refractivity contribution in [2.24, 2.45) is 11.8 Å². The third-order valence-electron chi connectivity index (χ3n) is 4.00. The summed E-state index contributed by atoms with van der Waals surface area (Å²) in [5, 5.41) is 16.9. The van der Waals surface area contributed by atoms with Gasteiger partial charge in [0.2, 0.25) is 5.91 Å². The normalized spacial score (nSPS) is 16.3. The molecule has 1 fully saturated rings. The number of nitro groups is 1. The maximum Gasteiger partial charge on any atom is 0.272 e. The molecule has 0 aromatic heterocycles. The van der Waals surface area contributed by atoms with Crippen molar-refractivity contribution in [1.82, 2.24) is 10.6 Å². The van der Waals surface area contributed by atoms with Gasteiger partial charge in [-0.3, -0.25) is 14.9 Å². The van der Waals surface area contributed by atoms with Gasteiger partial charge in [-0.05, 0) is 31.5 Å². The van der Waals surface area contributed by atoms with Crippen molar-refractivity contribution in [1.29, 1.82) is 0 Å². The molecule has 1 aliphatic rings. The molecule has 2 rings (SSSR count). The lowest BCUT2D eigenvalue weighted by Crippen LogP contribution is -2.49. The maximum absolute atomic E-state index is 12.0. The van der Waals surface area contributed by atoms with Crippen molar-refractivity contribution in [3.63, 3.8) is 0 Å². The lowest BCUT2D eigenvalue weighted by Gasteiger charge is -2.31. The van der Waals surface area contributed by atoms with Gasteiger partial charge in [0.1, 0.15) is 0 Å². The second kappa shape index (κ2) is 6.00. The minimum absolute atomic E-state index is 0.00223. The minimum Gasteiger partial charge on any atom is -0.352 e. The first kappa shape index (κ1) is 14.5. The summed E-state index contributed by atoms with van der Waals surface area (Å²) >= 11 is 0. The number of carbonyl (C=O) groups excluding carboxylic acids is 1. The summed E-state index contributed by atoms with van der Waals surface area (Å²) in [6, 6.07) is 4.92. The molecule has 1 amide bonds. The monoisotopic (exact) mass is 277 g/mol. The van der Waals surface area contributed by atoms with Crippen molar-refractivity contribution in [3.05, 3.63) is 39.4 Å². The summed E-state index contributed by atoms with van der Waals surface area (Å²) in [4.78, 5) is 22.5. The number of hydrogen-bond donors (Lipinski definition) is 2. The summed E-state index contributed by atoms with van der Waals surface area (Å²) in [5.41, 5.74) is 1.48. The lowest BCUT2D eigenvalue weighted by molar-refractivity contribution is -0.385. The van der Waals surface area contributed by atoms with E-state index in [1.165, 1.54) is 6.07 Å². The fourth-order valence-corrected chi connectivity index (χ4v) is 2.28. The van der Waals surface area contributed by atoms with Crippen LogP contribution in [-0.4, -0.2) is 23.9 Å². The van der Waals surface area contributed by atoms with Crippen molar-refractivity contribution in [2.75, 3.05) is 13.1 Å². The standard InChI is InChI=1S/C14H19N3O3/c1-9-11(4-3-5-13(9)17(19)20)8-16-14(18)10(2)12-6-15-7-12/h3-5,10,12,15H,6-8H2,1-2H3,(H,16,18). The molecular weight excluding hydrogens is 258 g/mol. The van der Waals surface area contributed by atoms with Gasteiger partial charge in [0.05, 0.1) is 4.92 Å². The largest absolute Gasteiger partial charge is 0.352 e. The van der Waals surface area contributed by atoms with Gasteiger partial charge in [0.15, 0.2) is 0 Å². The molecule has 1 aromatic carbocycles. The molecule has 108 valence electrons. The van der Waals surface area contributed by atoms with Crippen LogP contribution < -0.4 is 10.6 Å². The molecule has 1 aliphatic heterocycles. The van der Waals surface area contributed by atoms with Crippen LogP contribution >= 0.6 is 0 Å². The SMILES string of the molecule is Cc1c(CNC(=O)C(C)C2CNC2)cccc1[N+](=O)[O-]. The number of nitro benzene ring substituents is 1. The molecule has 0 radical (unpaired) electrons. The minimum atomic E-state index is -0.399. The molecular formula is C14H19N3O3. The van der Waals surface area contributed by atoms with Crippen LogP contribution in [-0.2, 0) is 11.3 Å². The highest BCUT2D eigenvalue weighted by Crippen LogP contribution is 2.21. The molecule has 1 aromatic rings. The van der Waals surface area contributed by atoms with E-state index in [1.54, 1.807) is 19.1 Å². The van der Waals surface area contributed by atoms with Gasteiger partial charge in [-0.25, -0.2) is 0 Å². The van der Waals surface area contributed by atoms with E-state index in [2.05, 4.69) is 10.6 Å². The van der Waals surface area contributed by atoms with Gasteiger partial charge >= 0.3 is 0 Å². The molecule has 1 unspecified atom stereocenters. The van der Waals surface area contributed by atoms with Crippen LogP contribution in [0.3, 0.4) is 0 Å². The summed E-state index contributed by atoms with van der Waals surface area (Å²) in [6.45, 7) is 5.71. The van der Waals surface area contributed by atoms with Crippen LogP contribution in [0.1, 0.15) is 18.1 Å². The molecule has 0 aliphatic carbocycles. The Labute approximate surface area is 117 Å². The average Bonchev–Trinajstić information content (AvgIpc) is 2.34. The average molecular weight is 277 g/mol. The van der Waals surface area contributed by atoms with E-state index in [0.717, 1.165) is 18.7 Å². The lowest BCUT2D eigenvalue weighted by atomic mass is 9.88. The first-order valence-electron chi connectivity index (χ1n) is 6.72. The summed E-state index contributed by atoms with van der Waals surface area (Å²) in [6.07, 6.45) is 0. The third kappa shape index (κ3) is 2.96. The van der Waals surface area contributed by atoms with Gasteiger partial charge in [0.25, 0.3) is 5.69 Å². The Morgan fingerprint density at radius 3 is 2.80 bits per heavy atom. The molecule has 0 saturated carbocycles. The van der Waals surface area contributed by atoms with Crippen LogP contribution in [0.2, 0.25) is 0 Å². The highest BCUT2D eigenvalue weighted by Gasteiger charge is 2.28. The van der Waals surface area contributed by atoms with E-state index in [-0.39, 0.29) is 17.5 Å². The van der Waals surface area contributed by atoms with Crippen molar-refractivity contribution in [2.45, 2.75) is 20.4 Å². The van der Waals surface area contributed by atoms with Gasteiger partial charge in [-0.2, -0.15) is 0 Å². The zero-order chi connectivity index (χ0) is 14.7. The van der Waals surface area contributed by atoms with Gasteiger partial charge < -0.3 is 10.6 Å². The van der Waals surface area contributed by atoms with Crippen molar-refractivity contribution >= 4 is 11.6 Å². The Morgan fingerprint density at radius 1 is 1.55 bits per heavy atom. The predicted molar refractivity (Wildman–Crippen MR) is 75.2 cm³/mol. The number of rotatable bonds is 5. The highest BCUT2D eigenvalue weighted by atomic mass is 16.6. The van der Waals surface area contributed by atoms with Crippen LogP contribution in [0.5, 0.6) is 0 Å². The topological polar surface area (TPSA) is 84.3 Å². The Hall–Kier alpha value is -1.95. The van der Waals surface area contributed by atoms with E-state index < -0.39 is 4.92 Å². The van der Waals surface area contributed by atoms with Crippen molar-refractivity contribution < 1.29 is 9.72 Å². The number of benzene rings is 1. The number of amides is 1. The quantitative estimate of drug-likeness (QED) is 0.629. The van der Waals surface area contributed by atoms with Crippen LogP contribution in [0.15, 0.2) is 18.2 Å². The number of hydrogen-bond acceptors (Lipinski definition) is 4. The molecule has 0 spiro atoms. The molecule has 6 heteroatoms. The third-order valence-corrected chi connectivity index (χ3v) is 4.00. The van der Waals surface area contributed by atoms with E-state index >= 15 is 0 Å². The zero-order valence-corrected chi connectivity index (χ0v) is 11.7. The predicted octanol–water partition coefficient (Wildman–Crippen LogP) is 1.37. The Bertz CT molecular complexity index is 526. The van der Waals surface area contributed by atoms with E-state index in [4.69, 9.17) is 0 Å². The second-order valence-corrected chi connectivity index (χ2v) is 5.24. The van der Waals surface area contributed by atoms with Crippen molar-refractivity contribution in [3.8, 4) is 0 Å². The molecule has 1 saturated heterocycles. The number of nitrogens with one attached hydrogen (secondary N) is 2. The second-order valence-electron chi connectivity index (χ2n) is 5.24. The smallest absolute Gasteiger partial charge is 0.272 e. The summed E-state index contributed by atoms with van der Waals surface area (Å²) in [5.74, 6) is 0.360. The Balaban J connectivity index is 1.98. The first-order valence-corrected chi connectivity index (χ1v) is 6.72. The molecule has 1 heterocycles. The molecule has 2 N–H and O–H groups in total. The van der Waals surface area contributed by atoms with Gasteiger partial charge in [-0.15, -0.1) is 0 Å². The fourth-order valence-electron chi connectivity index (χ4n) is 2.28. The van der Waals surface area contributed by atoms with E-state index in [0.29, 0.717) is 18.0 Å². The Kier molecular flexibility index (Phi) is 4.34. The van der Waals surface area contributed by atoms with Gasteiger partial charge in [0, 0.05) is 24.1 Å². The number of carbonyl (C=O) groups is 1. The zero-order valence-electron chi connectivity index (χ0n) is 11.7. The van der Waals surface area contributed by atoms with Crippen LogP contribution in [0, 0.1) is 28.9 Å². The number of nitrogens with zero attached hydrogens (tertiary/aromatic N) is 1. The van der Waals surface area contributed by atoms with E-state index in [1.807, 2.05) is 6.92 Å². The van der Waals surface area contributed by atoms with Crippen LogP contribution in [0.25, 0.3) is 0 Å². The summed E-state index contributed by atoms with van der Waals surface area (Å²) < 4.78 is 0. The molecule has 6 nitrogen and oxygen atoms in total. The molecule has 1 atom stereocenters. The maximum atomic E-state index is 12.0. The molecule has 0 bridgehead atoms. The fraction of sp³-hybridized carbons (Fsp3) is 0.500. The van der Waals surface area contributed by atoms with Crippen LogP contribution in [0.4, 0.5) is 5.69 Å².